The molecular formula is C15H15F2N3O2S. The van der Waals surface area contributed by atoms with Gasteiger partial charge in [-0.15, -0.1) is 0 Å². The molecule has 0 bridgehead atoms. The lowest BCUT2D eigenvalue weighted by atomic mass is 10.3. The third-order valence-corrected chi connectivity index (χ3v) is 3.52. The third-order valence-electron chi connectivity index (χ3n) is 2.67. The van der Waals surface area contributed by atoms with E-state index < -0.39 is 6.61 Å². The molecule has 0 aliphatic carbocycles. The van der Waals surface area contributed by atoms with Crippen LogP contribution in [0.25, 0.3) is 0 Å². The summed E-state index contributed by atoms with van der Waals surface area (Å²) >= 11 is 1.17. The number of para-hydroxylation sites is 2. The van der Waals surface area contributed by atoms with Crippen molar-refractivity contribution < 1.29 is 18.3 Å². The van der Waals surface area contributed by atoms with Crippen LogP contribution in [-0.4, -0.2) is 28.2 Å². The van der Waals surface area contributed by atoms with Crippen LogP contribution < -0.4 is 10.1 Å². The predicted molar refractivity (Wildman–Crippen MR) is 83.9 cm³/mol. The summed E-state index contributed by atoms with van der Waals surface area (Å²) in [7, 11) is 0. The first-order valence-electron chi connectivity index (χ1n) is 6.73. The molecule has 2 aromatic rings. The lowest BCUT2D eigenvalue weighted by Crippen LogP contribution is -2.16. The molecule has 122 valence electrons. The number of carbonyl (C=O) groups is 1. The summed E-state index contributed by atoms with van der Waals surface area (Å²) in [5.41, 5.74) is 1.83. The van der Waals surface area contributed by atoms with Gasteiger partial charge in [-0.1, -0.05) is 23.9 Å². The maximum Gasteiger partial charge on any atom is 0.387 e. The van der Waals surface area contributed by atoms with Crippen molar-refractivity contribution in [3.8, 4) is 5.75 Å². The summed E-state index contributed by atoms with van der Waals surface area (Å²) in [6.45, 7) is 0.735. The summed E-state index contributed by atoms with van der Waals surface area (Å²) < 4.78 is 29.0. The zero-order valence-corrected chi connectivity index (χ0v) is 13.4. The number of carbonyl (C=O) groups excluding carboxylic acids is 1. The van der Waals surface area contributed by atoms with Gasteiger partial charge in [-0.3, -0.25) is 4.79 Å². The maximum absolute atomic E-state index is 12.3. The fourth-order valence-electron chi connectivity index (χ4n) is 1.84. The Morgan fingerprint density at radius 3 is 2.57 bits per heavy atom. The number of halogens is 2. The Morgan fingerprint density at radius 2 is 1.91 bits per heavy atom. The van der Waals surface area contributed by atoms with Gasteiger partial charge in [0, 0.05) is 11.4 Å². The Morgan fingerprint density at radius 1 is 1.26 bits per heavy atom. The van der Waals surface area contributed by atoms with Crippen molar-refractivity contribution in [2.75, 3.05) is 11.1 Å². The highest BCUT2D eigenvalue weighted by molar-refractivity contribution is 7.99. The second kappa shape index (κ2) is 7.87. The number of aryl methyl sites for hydroxylation is 2. The molecule has 1 N–H and O–H groups in total. The summed E-state index contributed by atoms with van der Waals surface area (Å²) in [5, 5.41) is 3.04. The van der Waals surface area contributed by atoms with Gasteiger partial charge in [-0.25, -0.2) is 9.97 Å². The first-order chi connectivity index (χ1) is 10.9. The van der Waals surface area contributed by atoms with E-state index in [1.54, 1.807) is 12.1 Å². The molecule has 0 aliphatic rings. The van der Waals surface area contributed by atoms with Gasteiger partial charge in [-0.2, -0.15) is 8.78 Å². The number of nitrogens with zero attached hydrogens (tertiary/aromatic N) is 2. The van der Waals surface area contributed by atoms with Crippen molar-refractivity contribution in [1.82, 2.24) is 9.97 Å². The number of hydrogen-bond acceptors (Lipinski definition) is 5. The van der Waals surface area contributed by atoms with Crippen LogP contribution in [0.4, 0.5) is 14.5 Å². The smallest absolute Gasteiger partial charge is 0.387 e. The molecule has 0 atom stereocenters. The van der Waals surface area contributed by atoms with Crippen LogP contribution in [0.15, 0.2) is 35.5 Å². The van der Waals surface area contributed by atoms with Crippen LogP contribution in [0.2, 0.25) is 0 Å². The van der Waals surface area contributed by atoms with Gasteiger partial charge in [0.2, 0.25) is 5.91 Å². The van der Waals surface area contributed by atoms with E-state index in [1.165, 1.54) is 23.9 Å². The molecule has 0 radical (unpaired) electrons. The highest BCUT2D eigenvalue weighted by atomic mass is 32.2. The molecule has 8 heteroatoms. The van der Waals surface area contributed by atoms with Gasteiger partial charge in [-0.05, 0) is 32.0 Å². The zero-order valence-electron chi connectivity index (χ0n) is 12.5. The average molecular weight is 339 g/mol. The zero-order chi connectivity index (χ0) is 16.8. The standard InChI is InChI=1S/C15H15F2N3O2S/c1-9-7-10(2)19-15(18-9)23-8-13(21)20-11-5-3-4-6-12(11)22-14(16)17/h3-7,14H,8H2,1-2H3,(H,20,21). The molecule has 0 saturated heterocycles. The summed E-state index contributed by atoms with van der Waals surface area (Å²) in [6.07, 6.45) is 0. The van der Waals surface area contributed by atoms with E-state index >= 15 is 0 Å². The molecule has 1 amide bonds. The number of nitrogens with one attached hydrogen (secondary N) is 1. The van der Waals surface area contributed by atoms with Crippen molar-refractivity contribution in [1.29, 1.82) is 0 Å². The van der Waals surface area contributed by atoms with Crippen LogP contribution in [0.5, 0.6) is 5.75 Å². The lowest BCUT2D eigenvalue weighted by Gasteiger charge is -2.11. The quantitative estimate of drug-likeness (QED) is 0.645. The number of anilines is 1. The molecule has 0 unspecified atom stereocenters. The Kier molecular flexibility index (Phi) is 5.86. The Hall–Kier alpha value is -2.22. The Balaban J connectivity index is 1.97. The molecule has 0 saturated carbocycles. The SMILES string of the molecule is Cc1cc(C)nc(SCC(=O)Nc2ccccc2OC(F)F)n1. The summed E-state index contributed by atoms with van der Waals surface area (Å²) in [6, 6.07) is 7.86. The van der Waals surface area contributed by atoms with Crippen LogP contribution in [0, 0.1) is 13.8 Å². The number of ether oxygens (including phenoxy) is 1. The number of thioether (sulfide) groups is 1. The van der Waals surface area contributed by atoms with Gasteiger partial charge < -0.3 is 10.1 Å². The summed E-state index contributed by atoms with van der Waals surface area (Å²) in [5.74, 6) is -0.377. The van der Waals surface area contributed by atoms with E-state index in [9.17, 15) is 13.6 Å². The Labute approximate surface area is 136 Å². The molecule has 0 aliphatic heterocycles. The van der Waals surface area contributed by atoms with E-state index in [2.05, 4.69) is 20.0 Å². The molecule has 0 spiro atoms. The van der Waals surface area contributed by atoms with Gasteiger partial charge in [0.25, 0.3) is 0 Å². The Bertz CT molecular complexity index is 678. The van der Waals surface area contributed by atoms with Crippen molar-refractivity contribution >= 4 is 23.4 Å². The number of hydrogen-bond donors (Lipinski definition) is 1. The van der Waals surface area contributed by atoms with Gasteiger partial charge in [0.05, 0.1) is 11.4 Å². The highest BCUT2D eigenvalue weighted by Gasteiger charge is 2.12. The van der Waals surface area contributed by atoms with Crippen molar-refractivity contribution in [2.24, 2.45) is 0 Å². The molecule has 5 nitrogen and oxygen atoms in total. The molecule has 2 rings (SSSR count). The van der Waals surface area contributed by atoms with E-state index in [0.29, 0.717) is 5.16 Å². The second-order valence-electron chi connectivity index (χ2n) is 4.64. The number of rotatable bonds is 6. The van der Waals surface area contributed by atoms with Crippen LogP contribution in [0.3, 0.4) is 0 Å². The molecule has 1 aromatic heterocycles. The molecule has 1 heterocycles. The van der Waals surface area contributed by atoms with Crippen LogP contribution >= 0.6 is 11.8 Å². The van der Waals surface area contributed by atoms with E-state index in [1.807, 2.05) is 19.9 Å². The van der Waals surface area contributed by atoms with Crippen molar-refractivity contribution in [2.45, 2.75) is 25.6 Å². The molecule has 23 heavy (non-hydrogen) atoms. The molecule has 1 aromatic carbocycles. The predicted octanol–water partition coefficient (Wildman–Crippen LogP) is 3.43. The average Bonchev–Trinajstić information content (AvgIpc) is 2.46. The lowest BCUT2D eigenvalue weighted by molar-refractivity contribution is -0.113. The third kappa shape index (κ3) is 5.48. The number of benzene rings is 1. The van der Waals surface area contributed by atoms with Gasteiger partial charge in [0.1, 0.15) is 5.75 Å². The van der Waals surface area contributed by atoms with Gasteiger partial charge >= 0.3 is 6.61 Å². The van der Waals surface area contributed by atoms with E-state index in [-0.39, 0.29) is 23.1 Å². The van der Waals surface area contributed by atoms with Crippen molar-refractivity contribution in [3.63, 3.8) is 0 Å². The minimum absolute atomic E-state index is 0.0614. The highest BCUT2D eigenvalue weighted by Crippen LogP contribution is 2.26. The fourth-order valence-corrected chi connectivity index (χ4v) is 2.59. The van der Waals surface area contributed by atoms with Crippen LogP contribution in [0.1, 0.15) is 11.4 Å². The van der Waals surface area contributed by atoms with E-state index in [0.717, 1.165) is 11.4 Å². The maximum atomic E-state index is 12.3. The second-order valence-corrected chi connectivity index (χ2v) is 5.59. The van der Waals surface area contributed by atoms with Gasteiger partial charge in [0.15, 0.2) is 5.16 Å². The largest absolute Gasteiger partial charge is 0.433 e. The first kappa shape index (κ1) is 17.1. The minimum Gasteiger partial charge on any atom is -0.433 e. The molecular weight excluding hydrogens is 324 g/mol. The minimum atomic E-state index is -2.95. The van der Waals surface area contributed by atoms with E-state index in [4.69, 9.17) is 0 Å². The first-order valence-corrected chi connectivity index (χ1v) is 7.71. The van der Waals surface area contributed by atoms with Crippen molar-refractivity contribution in [3.05, 3.63) is 41.7 Å². The normalized spacial score (nSPS) is 10.7. The van der Waals surface area contributed by atoms with Crippen LogP contribution in [-0.2, 0) is 4.79 Å². The number of alkyl halides is 2. The number of amides is 1. The molecule has 0 fully saturated rings. The monoisotopic (exact) mass is 339 g/mol. The summed E-state index contributed by atoms with van der Waals surface area (Å²) in [4.78, 5) is 20.4. The topological polar surface area (TPSA) is 64.1 Å². The fraction of sp³-hybridized carbons (Fsp3) is 0.267. The number of aromatic nitrogens is 2.